The molecule has 0 spiro atoms. The SMILES string of the molecule is CCCCCC/C=C\CCCCCCCC(=O)OC(CCCCCCCCCCCCCCCC)CCCCCCCC(=O)NC(CCCN)C(=O)O. The van der Waals surface area contributed by atoms with Gasteiger partial charge in [0.15, 0.2) is 0 Å². The number of carboxylic acids is 1. The molecule has 0 radical (unpaired) electrons. The van der Waals surface area contributed by atoms with E-state index >= 15 is 0 Å². The number of nitrogens with two attached hydrogens (primary N) is 1. The van der Waals surface area contributed by atoms with Crippen LogP contribution < -0.4 is 11.1 Å². The van der Waals surface area contributed by atoms with Gasteiger partial charge in [-0.2, -0.15) is 0 Å². The number of hydrogen-bond acceptors (Lipinski definition) is 5. The van der Waals surface area contributed by atoms with Gasteiger partial charge in [-0.1, -0.05) is 167 Å². The lowest BCUT2D eigenvalue weighted by Crippen LogP contribution is -2.40. The predicted molar refractivity (Wildman–Crippen MR) is 225 cm³/mol. The fourth-order valence-electron chi connectivity index (χ4n) is 7.09. The van der Waals surface area contributed by atoms with Crippen LogP contribution >= 0.6 is 0 Å². The number of rotatable bonds is 42. The van der Waals surface area contributed by atoms with Crippen molar-refractivity contribution < 1.29 is 24.2 Å². The highest BCUT2D eigenvalue weighted by molar-refractivity contribution is 5.83. The van der Waals surface area contributed by atoms with Crippen LogP contribution in [-0.4, -0.2) is 41.6 Å². The maximum Gasteiger partial charge on any atom is 0.326 e. The van der Waals surface area contributed by atoms with Crippen molar-refractivity contribution in [1.82, 2.24) is 5.32 Å². The first-order valence-electron chi connectivity index (χ1n) is 23.0. The Labute approximate surface area is 328 Å². The summed E-state index contributed by atoms with van der Waals surface area (Å²) in [5.74, 6) is -1.22. The maximum absolute atomic E-state index is 12.8. The van der Waals surface area contributed by atoms with Crippen molar-refractivity contribution in [2.75, 3.05) is 6.54 Å². The van der Waals surface area contributed by atoms with Gasteiger partial charge in [-0.15, -0.1) is 0 Å². The normalized spacial score (nSPS) is 12.7. The van der Waals surface area contributed by atoms with Gasteiger partial charge in [-0.05, 0) is 83.6 Å². The van der Waals surface area contributed by atoms with Crippen molar-refractivity contribution in [3.05, 3.63) is 12.2 Å². The second-order valence-corrected chi connectivity index (χ2v) is 15.8. The molecule has 0 heterocycles. The zero-order chi connectivity index (χ0) is 38.9. The summed E-state index contributed by atoms with van der Waals surface area (Å²) in [6.07, 6.45) is 45.4. The first-order chi connectivity index (χ1) is 25.9. The second kappa shape index (κ2) is 41.3. The van der Waals surface area contributed by atoms with Gasteiger partial charge in [-0.25, -0.2) is 4.79 Å². The van der Waals surface area contributed by atoms with Gasteiger partial charge in [-0.3, -0.25) is 9.59 Å². The Balaban J connectivity index is 4.31. The topological polar surface area (TPSA) is 119 Å². The summed E-state index contributed by atoms with van der Waals surface area (Å²) >= 11 is 0. The van der Waals surface area contributed by atoms with Gasteiger partial charge in [0.25, 0.3) is 0 Å². The molecule has 0 aromatic rings. The highest BCUT2D eigenvalue weighted by Crippen LogP contribution is 2.19. The number of esters is 1. The van der Waals surface area contributed by atoms with E-state index < -0.39 is 12.0 Å². The third-order valence-corrected chi connectivity index (χ3v) is 10.6. The minimum absolute atomic E-state index is 0.0147. The van der Waals surface area contributed by atoms with E-state index in [1.807, 2.05) is 0 Å². The van der Waals surface area contributed by atoms with E-state index in [9.17, 15) is 19.5 Å². The number of aliphatic carboxylic acids is 1. The quantitative estimate of drug-likeness (QED) is 0.0325. The molecular weight excluding hydrogens is 661 g/mol. The zero-order valence-electron chi connectivity index (χ0n) is 35.1. The van der Waals surface area contributed by atoms with Crippen LogP contribution in [0.5, 0.6) is 0 Å². The van der Waals surface area contributed by atoms with Crippen LogP contribution in [0, 0.1) is 0 Å². The first kappa shape index (κ1) is 51.1. The summed E-state index contributed by atoms with van der Waals surface area (Å²) in [6.45, 7) is 4.95. The van der Waals surface area contributed by atoms with Crippen LogP contribution in [0.3, 0.4) is 0 Å². The molecule has 0 rings (SSSR count). The van der Waals surface area contributed by atoms with Crippen molar-refractivity contribution in [2.45, 2.75) is 257 Å². The average Bonchev–Trinajstić information content (AvgIpc) is 3.14. The van der Waals surface area contributed by atoms with E-state index in [0.717, 1.165) is 64.2 Å². The van der Waals surface area contributed by atoms with E-state index in [1.165, 1.54) is 141 Å². The van der Waals surface area contributed by atoms with Crippen LogP contribution in [-0.2, 0) is 19.1 Å². The van der Waals surface area contributed by atoms with Gasteiger partial charge in [0.05, 0.1) is 0 Å². The van der Waals surface area contributed by atoms with E-state index in [2.05, 4.69) is 31.3 Å². The molecule has 0 saturated heterocycles. The van der Waals surface area contributed by atoms with Crippen molar-refractivity contribution in [3.8, 4) is 0 Å². The molecule has 7 nitrogen and oxygen atoms in total. The standard InChI is InChI=1S/C46H88N2O5/c1-3-5-7-9-11-13-15-17-19-20-22-24-27-31-36-42(37-32-28-26-29-33-39-44(49)48-43(46(51)52)38-35-41-47)53-45(50)40-34-30-25-23-21-18-16-14-12-10-8-6-4-2/h14,16,42-43H,3-13,15,17-41,47H2,1-2H3,(H,48,49)(H,51,52)/b16-14-. The van der Waals surface area contributed by atoms with Crippen LogP contribution in [0.4, 0.5) is 0 Å². The largest absolute Gasteiger partial charge is 0.480 e. The third kappa shape index (κ3) is 38.2. The number of nitrogens with one attached hydrogen (secondary N) is 1. The molecule has 4 N–H and O–H groups in total. The number of carboxylic acid groups (broad SMARTS) is 1. The third-order valence-electron chi connectivity index (χ3n) is 10.6. The molecule has 0 aliphatic rings. The highest BCUT2D eigenvalue weighted by atomic mass is 16.5. The van der Waals surface area contributed by atoms with Crippen LogP contribution in [0.25, 0.3) is 0 Å². The van der Waals surface area contributed by atoms with Crippen molar-refractivity contribution in [2.24, 2.45) is 5.73 Å². The molecule has 312 valence electrons. The zero-order valence-corrected chi connectivity index (χ0v) is 35.1. The smallest absolute Gasteiger partial charge is 0.326 e. The van der Waals surface area contributed by atoms with Crippen molar-refractivity contribution in [3.63, 3.8) is 0 Å². The molecule has 0 saturated carbocycles. The molecule has 7 heteroatoms. The summed E-state index contributed by atoms with van der Waals surface area (Å²) < 4.78 is 6.06. The van der Waals surface area contributed by atoms with Gasteiger partial charge in [0, 0.05) is 12.8 Å². The number of allylic oxidation sites excluding steroid dienone is 2. The number of hydrogen-bond donors (Lipinski definition) is 3. The number of amides is 1. The molecule has 0 aromatic carbocycles. The number of unbranched alkanes of at least 4 members (excludes halogenated alkanes) is 26. The monoisotopic (exact) mass is 749 g/mol. The molecule has 0 aromatic heterocycles. The molecular formula is C46H88N2O5. The molecule has 53 heavy (non-hydrogen) atoms. The molecule has 0 bridgehead atoms. The summed E-state index contributed by atoms with van der Waals surface area (Å²) in [4.78, 5) is 36.4. The fraction of sp³-hybridized carbons (Fsp3) is 0.891. The Morgan fingerprint density at radius 1 is 0.528 bits per heavy atom. The lowest BCUT2D eigenvalue weighted by molar-refractivity contribution is -0.150. The minimum Gasteiger partial charge on any atom is -0.480 e. The Kier molecular flexibility index (Phi) is 39.8. The van der Waals surface area contributed by atoms with Gasteiger partial charge >= 0.3 is 11.9 Å². The fourth-order valence-corrected chi connectivity index (χ4v) is 7.09. The molecule has 0 aliphatic carbocycles. The number of carbonyl (C=O) groups excluding carboxylic acids is 2. The predicted octanol–water partition coefficient (Wildman–Crippen LogP) is 13.1. The van der Waals surface area contributed by atoms with Crippen molar-refractivity contribution in [1.29, 1.82) is 0 Å². The van der Waals surface area contributed by atoms with E-state index in [0.29, 0.717) is 32.2 Å². The van der Waals surface area contributed by atoms with Crippen molar-refractivity contribution >= 4 is 17.8 Å². The Bertz CT molecular complexity index is 848. The first-order valence-corrected chi connectivity index (χ1v) is 23.0. The Morgan fingerprint density at radius 2 is 0.925 bits per heavy atom. The molecule has 1 amide bonds. The van der Waals surface area contributed by atoms with E-state index in [1.54, 1.807) is 0 Å². The molecule has 2 atom stereocenters. The summed E-state index contributed by atoms with van der Waals surface area (Å²) in [5, 5.41) is 11.9. The van der Waals surface area contributed by atoms with Crippen LogP contribution in [0.1, 0.15) is 245 Å². The number of carbonyl (C=O) groups is 3. The van der Waals surface area contributed by atoms with Crippen LogP contribution in [0.15, 0.2) is 12.2 Å². The summed E-state index contributed by atoms with van der Waals surface area (Å²) in [6, 6.07) is -0.854. The maximum atomic E-state index is 12.8. The van der Waals surface area contributed by atoms with Gasteiger partial charge in [0.2, 0.25) is 5.91 Å². The minimum atomic E-state index is -1.00. The second-order valence-electron chi connectivity index (χ2n) is 15.8. The number of ether oxygens (including phenoxy) is 1. The van der Waals surface area contributed by atoms with E-state index in [-0.39, 0.29) is 18.0 Å². The lowest BCUT2D eigenvalue weighted by atomic mass is 10.0. The Morgan fingerprint density at radius 3 is 1.38 bits per heavy atom. The lowest BCUT2D eigenvalue weighted by Gasteiger charge is -2.18. The van der Waals surface area contributed by atoms with Gasteiger partial charge in [0.1, 0.15) is 12.1 Å². The summed E-state index contributed by atoms with van der Waals surface area (Å²) in [7, 11) is 0. The molecule has 2 unspecified atom stereocenters. The summed E-state index contributed by atoms with van der Waals surface area (Å²) in [5.41, 5.74) is 5.49. The average molecular weight is 749 g/mol. The molecule has 0 aliphatic heterocycles. The molecule has 0 fully saturated rings. The van der Waals surface area contributed by atoms with E-state index in [4.69, 9.17) is 10.5 Å². The van der Waals surface area contributed by atoms with Crippen LogP contribution in [0.2, 0.25) is 0 Å². The Hall–Kier alpha value is -1.89. The highest BCUT2D eigenvalue weighted by Gasteiger charge is 2.19. The van der Waals surface area contributed by atoms with Gasteiger partial charge < -0.3 is 20.9 Å².